The van der Waals surface area contributed by atoms with Crippen LogP contribution in [0.1, 0.15) is 36.0 Å². The minimum absolute atomic E-state index is 0.190. The lowest BCUT2D eigenvalue weighted by molar-refractivity contribution is -0.119. The van der Waals surface area contributed by atoms with Crippen LogP contribution >= 0.6 is 11.6 Å². The summed E-state index contributed by atoms with van der Waals surface area (Å²) < 4.78 is 6.93. The zero-order chi connectivity index (χ0) is 33.1. The van der Waals surface area contributed by atoms with Gasteiger partial charge in [0.15, 0.2) is 0 Å². The fourth-order valence-electron chi connectivity index (χ4n) is 6.32. The molecule has 4 heterocycles. The molecule has 2 aliphatic rings. The van der Waals surface area contributed by atoms with Crippen LogP contribution in [0.3, 0.4) is 0 Å². The highest BCUT2D eigenvalue weighted by Crippen LogP contribution is 2.41. The number of rotatable bonds is 7. The minimum Gasteiger partial charge on any atom is -0.481 e. The SMILES string of the molecule is CNCC1CCC(=O)N1.COc1nc(-c2cccc(-c3cccc(Nc4nccc5cnn(C)c(=O)c45)c3C)c2Cl)cc2c1CCC2. The van der Waals surface area contributed by atoms with Crippen LogP contribution in [-0.2, 0) is 24.7 Å². The lowest BCUT2D eigenvalue weighted by Crippen LogP contribution is -2.33. The van der Waals surface area contributed by atoms with Crippen LogP contribution in [0.2, 0.25) is 5.02 Å². The Kier molecular flexibility index (Phi) is 9.51. The summed E-state index contributed by atoms with van der Waals surface area (Å²) in [5.41, 5.74) is 7.64. The van der Waals surface area contributed by atoms with Crippen molar-refractivity contribution >= 4 is 39.8 Å². The Bertz CT molecular complexity index is 2030. The number of ether oxygens (including phenoxy) is 1. The van der Waals surface area contributed by atoms with E-state index in [9.17, 15) is 9.59 Å². The highest BCUT2D eigenvalue weighted by atomic mass is 35.5. The first kappa shape index (κ1) is 32.2. The summed E-state index contributed by atoms with van der Waals surface area (Å²) in [5, 5.41) is 15.2. The van der Waals surface area contributed by atoms with Gasteiger partial charge in [-0.1, -0.05) is 41.9 Å². The second-order valence-corrected chi connectivity index (χ2v) is 12.2. The number of anilines is 2. The Morgan fingerprint density at radius 2 is 1.85 bits per heavy atom. The maximum absolute atomic E-state index is 12.8. The average Bonchev–Trinajstić information content (AvgIpc) is 3.73. The number of hydrogen-bond acceptors (Lipinski definition) is 8. The standard InChI is InChI=1S/C30H26ClN5O2.C6H12N2O/c1-17-20(8-6-12-24(17)34-28-26-19(13-14-32-28)16-33-36(2)30(26)37)22-10-5-11-23(27(22)31)25-15-18-7-4-9-21(18)29(35-25)38-3;1-7-4-5-2-3-6(9)8-5/h5-6,8,10-16H,4,7,9H2,1-3H3,(H,32,34);5,7H,2-4H2,1H3,(H,8,9). The van der Waals surface area contributed by atoms with E-state index >= 15 is 0 Å². The molecule has 7 rings (SSSR count). The number of pyridine rings is 2. The van der Waals surface area contributed by atoms with Gasteiger partial charge in [-0.2, -0.15) is 5.10 Å². The van der Waals surface area contributed by atoms with Gasteiger partial charge in [0.05, 0.1) is 29.4 Å². The molecule has 5 aromatic rings. The Morgan fingerprint density at radius 3 is 2.62 bits per heavy atom. The van der Waals surface area contributed by atoms with E-state index in [0.29, 0.717) is 34.6 Å². The zero-order valence-electron chi connectivity index (χ0n) is 27.0. The van der Waals surface area contributed by atoms with Gasteiger partial charge in [0.2, 0.25) is 11.8 Å². The molecule has 1 aliphatic carbocycles. The lowest BCUT2D eigenvalue weighted by Gasteiger charge is -2.17. The maximum atomic E-state index is 12.8. The number of fused-ring (bicyclic) bond motifs is 2. The number of hydrogen-bond donors (Lipinski definition) is 3. The third kappa shape index (κ3) is 6.57. The van der Waals surface area contributed by atoms with E-state index in [1.807, 2.05) is 50.4 Å². The third-order valence-electron chi connectivity index (χ3n) is 8.79. The Balaban J connectivity index is 0.000000373. The molecule has 47 heavy (non-hydrogen) atoms. The van der Waals surface area contributed by atoms with Gasteiger partial charge in [0.1, 0.15) is 5.82 Å². The van der Waals surface area contributed by atoms with Crippen molar-refractivity contribution in [3.05, 3.63) is 93.0 Å². The van der Waals surface area contributed by atoms with E-state index in [0.717, 1.165) is 71.2 Å². The largest absolute Gasteiger partial charge is 0.481 e. The van der Waals surface area contributed by atoms with Gasteiger partial charge in [-0.3, -0.25) is 9.59 Å². The van der Waals surface area contributed by atoms with E-state index in [1.165, 1.54) is 15.8 Å². The first-order valence-corrected chi connectivity index (χ1v) is 16.1. The van der Waals surface area contributed by atoms with Crippen LogP contribution in [0.25, 0.3) is 33.2 Å². The van der Waals surface area contributed by atoms with E-state index in [2.05, 4.69) is 32.1 Å². The fourth-order valence-corrected chi connectivity index (χ4v) is 6.65. The van der Waals surface area contributed by atoms with E-state index in [1.54, 1.807) is 32.6 Å². The monoisotopic (exact) mass is 651 g/mol. The van der Waals surface area contributed by atoms with Crippen molar-refractivity contribution in [2.24, 2.45) is 7.05 Å². The minimum atomic E-state index is -0.208. The molecular formula is C36H38ClN7O3. The third-order valence-corrected chi connectivity index (χ3v) is 9.20. The highest BCUT2D eigenvalue weighted by Gasteiger charge is 2.22. The maximum Gasteiger partial charge on any atom is 0.278 e. The van der Waals surface area contributed by atoms with Crippen molar-refractivity contribution < 1.29 is 9.53 Å². The Hall–Kier alpha value is -4.80. The smallest absolute Gasteiger partial charge is 0.278 e. The molecule has 242 valence electrons. The quantitative estimate of drug-likeness (QED) is 0.204. The summed E-state index contributed by atoms with van der Waals surface area (Å²) in [4.78, 5) is 32.7. The molecule has 0 spiro atoms. The zero-order valence-corrected chi connectivity index (χ0v) is 27.7. The summed E-state index contributed by atoms with van der Waals surface area (Å²) >= 11 is 7.06. The summed E-state index contributed by atoms with van der Waals surface area (Å²) in [6.07, 6.45) is 8.15. The average molecular weight is 652 g/mol. The molecule has 1 aliphatic heterocycles. The van der Waals surface area contributed by atoms with Gasteiger partial charge in [-0.15, -0.1) is 0 Å². The molecule has 0 radical (unpaired) electrons. The number of halogens is 1. The number of amides is 1. The van der Waals surface area contributed by atoms with Crippen molar-refractivity contribution in [3.63, 3.8) is 0 Å². The molecule has 3 aromatic heterocycles. The van der Waals surface area contributed by atoms with Gasteiger partial charge < -0.3 is 20.7 Å². The topological polar surface area (TPSA) is 123 Å². The van der Waals surface area contributed by atoms with Gasteiger partial charge >= 0.3 is 0 Å². The summed E-state index contributed by atoms with van der Waals surface area (Å²) in [7, 11) is 5.19. The molecule has 1 amide bonds. The lowest BCUT2D eigenvalue weighted by atomic mass is 9.96. The molecule has 0 bridgehead atoms. The first-order valence-electron chi connectivity index (χ1n) is 15.8. The van der Waals surface area contributed by atoms with Crippen LogP contribution in [0.15, 0.2) is 65.7 Å². The number of nitrogens with zero attached hydrogens (tertiary/aromatic N) is 4. The molecule has 1 unspecified atom stereocenters. The van der Waals surface area contributed by atoms with Crippen LogP contribution < -0.4 is 26.2 Å². The van der Waals surface area contributed by atoms with E-state index in [-0.39, 0.29) is 11.5 Å². The van der Waals surface area contributed by atoms with Crippen molar-refractivity contribution in [2.75, 3.05) is 26.0 Å². The Labute approximate surface area is 278 Å². The van der Waals surface area contributed by atoms with Crippen LogP contribution in [0.5, 0.6) is 5.88 Å². The highest BCUT2D eigenvalue weighted by molar-refractivity contribution is 6.36. The van der Waals surface area contributed by atoms with Crippen LogP contribution in [0.4, 0.5) is 11.5 Å². The number of methoxy groups -OCH3 is 1. The predicted octanol–water partition coefficient (Wildman–Crippen LogP) is 5.74. The predicted molar refractivity (Wildman–Crippen MR) is 187 cm³/mol. The van der Waals surface area contributed by atoms with E-state index < -0.39 is 0 Å². The molecule has 10 nitrogen and oxygen atoms in total. The molecule has 11 heteroatoms. The fraction of sp³-hybridized carbons (Fsp3) is 0.306. The van der Waals surface area contributed by atoms with Crippen molar-refractivity contribution in [2.45, 2.75) is 45.1 Å². The number of carbonyl (C=O) groups is 1. The Morgan fingerprint density at radius 1 is 1.06 bits per heavy atom. The molecule has 1 atom stereocenters. The number of nitrogens with one attached hydrogen (secondary N) is 3. The molecule has 2 aromatic carbocycles. The summed E-state index contributed by atoms with van der Waals surface area (Å²) in [6, 6.07) is 16.3. The van der Waals surface area contributed by atoms with Gasteiger partial charge in [-0.25, -0.2) is 14.6 Å². The summed E-state index contributed by atoms with van der Waals surface area (Å²) in [6.45, 7) is 2.92. The van der Waals surface area contributed by atoms with Crippen molar-refractivity contribution in [1.82, 2.24) is 30.4 Å². The number of aryl methyl sites for hydroxylation is 2. The van der Waals surface area contributed by atoms with Gasteiger partial charge in [0, 0.05) is 60.0 Å². The summed E-state index contributed by atoms with van der Waals surface area (Å²) in [5.74, 6) is 1.36. The van der Waals surface area contributed by atoms with Gasteiger partial charge in [-0.05, 0) is 74.5 Å². The first-order chi connectivity index (χ1) is 22.8. The van der Waals surface area contributed by atoms with Crippen molar-refractivity contribution in [1.29, 1.82) is 0 Å². The van der Waals surface area contributed by atoms with Crippen LogP contribution in [-0.4, -0.2) is 52.4 Å². The molecule has 0 saturated carbocycles. The normalized spacial score (nSPS) is 15.2. The molecule has 1 fully saturated rings. The second kappa shape index (κ2) is 13.9. The molecule has 1 saturated heterocycles. The second-order valence-electron chi connectivity index (χ2n) is 11.8. The number of aromatic nitrogens is 4. The number of carbonyl (C=O) groups excluding carboxylic acids is 1. The van der Waals surface area contributed by atoms with Crippen molar-refractivity contribution in [3.8, 4) is 28.3 Å². The number of likely N-dealkylation sites (N-methyl/N-ethyl adjacent to an activating group) is 1. The van der Waals surface area contributed by atoms with Crippen LogP contribution in [0, 0.1) is 6.92 Å². The molecule has 3 N–H and O–H groups in total. The van der Waals surface area contributed by atoms with Gasteiger partial charge in [0.25, 0.3) is 5.56 Å². The van der Waals surface area contributed by atoms with E-state index in [4.69, 9.17) is 21.3 Å². The number of benzene rings is 2. The molecular weight excluding hydrogens is 614 g/mol.